The standard InChI is InChI=1S/C26H25FN2O2S/c1-17(2)20-10-6-18(7-11-20)14-15-29(16-19-8-12-21(13-9-19)25(30)31)26-28-23-5-3-4-22(27)24(23)32-26/h3-13,17H,14-16H2,1-2H3,(H,30,31). The second kappa shape index (κ2) is 9.49. The zero-order valence-electron chi connectivity index (χ0n) is 18.1. The topological polar surface area (TPSA) is 53.4 Å². The first-order chi connectivity index (χ1) is 15.4. The van der Waals surface area contributed by atoms with E-state index in [0.29, 0.717) is 29.2 Å². The van der Waals surface area contributed by atoms with E-state index in [-0.39, 0.29) is 11.4 Å². The number of anilines is 1. The third-order valence-corrected chi connectivity index (χ3v) is 6.66. The summed E-state index contributed by atoms with van der Waals surface area (Å²) in [5.41, 5.74) is 4.42. The van der Waals surface area contributed by atoms with Crippen molar-refractivity contribution in [3.05, 3.63) is 94.8 Å². The van der Waals surface area contributed by atoms with Gasteiger partial charge < -0.3 is 10.0 Å². The lowest BCUT2D eigenvalue weighted by molar-refractivity contribution is 0.0697. The first-order valence-corrected chi connectivity index (χ1v) is 11.4. The minimum Gasteiger partial charge on any atom is -0.478 e. The Morgan fingerprint density at radius 2 is 1.72 bits per heavy atom. The van der Waals surface area contributed by atoms with Crippen LogP contribution in [0.5, 0.6) is 0 Å². The first kappa shape index (κ1) is 22.0. The summed E-state index contributed by atoms with van der Waals surface area (Å²) in [4.78, 5) is 18.0. The van der Waals surface area contributed by atoms with Crippen LogP contribution < -0.4 is 4.90 Å². The molecule has 3 aromatic carbocycles. The van der Waals surface area contributed by atoms with Crippen LogP contribution in [0.2, 0.25) is 0 Å². The van der Waals surface area contributed by atoms with Crippen molar-refractivity contribution < 1.29 is 14.3 Å². The summed E-state index contributed by atoms with van der Waals surface area (Å²) in [5, 5.41) is 9.91. The van der Waals surface area contributed by atoms with Gasteiger partial charge in [-0.1, -0.05) is 67.6 Å². The highest BCUT2D eigenvalue weighted by molar-refractivity contribution is 7.22. The number of carboxylic acid groups (broad SMARTS) is 1. The fourth-order valence-electron chi connectivity index (χ4n) is 3.59. The molecule has 0 saturated heterocycles. The molecule has 0 saturated carbocycles. The molecule has 0 fully saturated rings. The maximum atomic E-state index is 14.3. The summed E-state index contributed by atoms with van der Waals surface area (Å²) in [6.07, 6.45) is 0.823. The van der Waals surface area contributed by atoms with Gasteiger partial charge in [0.25, 0.3) is 0 Å². The third-order valence-electron chi connectivity index (χ3n) is 5.52. The van der Waals surface area contributed by atoms with Crippen molar-refractivity contribution in [2.75, 3.05) is 11.4 Å². The van der Waals surface area contributed by atoms with Gasteiger partial charge >= 0.3 is 5.97 Å². The molecule has 4 nitrogen and oxygen atoms in total. The first-order valence-electron chi connectivity index (χ1n) is 10.6. The van der Waals surface area contributed by atoms with Gasteiger partial charge in [0, 0.05) is 13.1 Å². The Morgan fingerprint density at radius 1 is 1.03 bits per heavy atom. The molecule has 1 aromatic heterocycles. The molecular weight excluding hydrogens is 423 g/mol. The van der Waals surface area contributed by atoms with Gasteiger partial charge in [-0.15, -0.1) is 0 Å². The molecule has 1 N–H and O–H groups in total. The Morgan fingerprint density at radius 3 is 2.34 bits per heavy atom. The molecule has 164 valence electrons. The molecule has 1 heterocycles. The van der Waals surface area contributed by atoms with Gasteiger partial charge in [-0.3, -0.25) is 0 Å². The fourth-order valence-corrected chi connectivity index (χ4v) is 4.58. The smallest absolute Gasteiger partial charge is 0.335 e. The highest BCUT2D eigenvalue weighted by Crippen LogP contribution is 2.31. The van der Waals surface area contributed by atoms with E-state index in [2.05, 4.69) is 48.0 Å². The average molecular weight is 449 g/mol. The summed E-state index contributed by atoms with van der Waals surface area (Å²) < 4.78 is 14.8. The summed E-state index contributed by atoms with van der Waals surface area (Å²) in [7, 11) is 0. The van der Waals surface area contributed by atoms with Crippen molar-refractivity contribution in [2.24, 2.45) is 0 Å². The maximum absolute atomic E-state index is 14.3. The molecule has 0 atom stereocenters. The van der Waals surface area contributed by atoms with Crippen LogP contribution in [0.4, 0.5) is 9.52 Å². The molecule has 0 aliphatic rings. The van der Waals surface area contributed by atoms with E-state index in [1.165, 1.54) is 28.5 Å². The Hall–Kier alpha value is -3.25. The van der Waals surface area contributed by atoms with Crippen LogP contribution in [0.25, 0.3) is 10.2 Å². The maximum Gasteiger partial charge on any atom is 0.335 e. The Balaban J connectivity index is 1.59. The number of benzene rings is 3. The number of fused-ring (bicyclic) bond motifs is 1. The quantitative estimate of drug-likeness (QED) is 0.334. The van der Waals surface area contributed by atoms with Crippen molar-refractivity contribution >= 4 is 32.7 Å². The predicted octanol–water partition coefficient (Wildman–Crippen LogP) is 6.51. The molecule has 4 aromatic rings. The van der Waals surface area contributed by atoms with Crippen LogP contribution in [0.3, 0.4) is 0 Å². The molecule has 0 aliphatic carbocycles. The number of hydrogen-bond donors (Lipinski definition) is 1. The summed E-state index contributed by atoms with van der Waals surface area (Å²) in [6.45, 7) is 5.63. The number of carboxylic acids is 1. The van der Waals surface area contributed by atoms with Crippen LogP contribution in [0.1, 0.15) is 46.8 Å². The molecule has 0 spiro atoms. The van der Waals surface area contributed by atoms with Gasteiger partial charge in [-0.2, -0.15) is 0 Å². The number of aromatic nitrogens is 1. The Bertz CT molecular complexity index is 1220. The van der Waals surface area contributed by atoms with Crippen molar-refractivity contribution in [3.63, 3.8) is 0 Å². The highest BCUT2D eigenvalue weighted by atomic mass is 32.1. The van der Waals surface area contributed by atoms with Crippen molar-refractivity contribution in [3.8, 4) is 0 Å². The second-order valence-electron chi connectivity index (χ2n) is 8.15. The van der Waals surface area contributed by atoms with E-state index < -0.39 is 5.97 Å². The van der Waals surface area contributed by atoms with E-state index in [1.54, 1.807) is 18.2 Å². The van der Waals surface area contributed by atoms with Gasteiger partial charge in [-0.05, 0) is 53.3 Å². The number of aromatic carboxylic acids is 1. The third kappa shape index (κ3) is 4.97. The SMILES string of the molecule is CC(C)c1ccc(CCN(Cc2ccc(C(=O)O)cc2)c2nc3cccc(F)c3s2)cc1. The lowest BCUT2D eigenvalue weighted by Crippen LogP contribution is -2.25. The molecule has 0 amide bonds. The lowest BCUT2D eigenvalue weighted by Gasteiger charge is -2.22. The number of halogens is 1. The van der Waals surface area contributed by atoms with Crippen LogP contribution in [0, 0.1) is 5.82 Å². The van der Waals surface area contributed by atoms with Crippen LogP contribution >= 0.6 is 11.3 Å². The average Bonchev–Trinajstić information content (AvgIpc) is 3.23. The summed E-state index contributed by atoms with van der Waals surface area (Å²) in [5.74, 6) is -0.715. The van der Waals surface area contributed by atoms with Crippen molar-refractivity contribution in [1.29, 1.82) is 0 Å². The van der Waals surface area contributed by atoms with Crippen LogP contribution in [-0.4, -0.2) is 22.6 Å². The molecular formula is C26H25FN2O2S. The zero-order valence-corrected chi connectivity index (χ0v) is 18.9. The molecule has 0 bridgehead atoms. The monoisotopic (exact) mass is 448 g/mol. The van der Waals surface area contributed by atoms with Crippen molar-refractivity contribution in [2.45, 2.75) is 32.7 Å². The molecule has 0 aliphatic heterocycles. The van der Waals surface area contributed by atoms with E-state index in [0.717, 1.165) is 17.1 Å². The Labute approximate surface area is 191 Å². The second-order valence-corrected chi connectivity index (χ2v) is 9.13. The molecule has 0 unspecified atom stereocenters. The number of thiazole rings is 1. The van der Waals surface area contributed by atoms with Crippen molar-refractivity contribution in [1.82, 2.24) is 4.98 Å². The molecule has 32 heavy (non-hydrogen) atoms. The fraction of sp³-hybridized carbons (Fsp3) is 0.231. The largest absolute Gasteiger partial charge is 0.478 e. The molecule has 6 heteroatoms. The Kier molecular flexibility index (Phi) is 6.51. The van der Waals surface area contributed by atoms with Gasteiger partial charge in [0.05, 0.1) is 15.8 Å². The molecule has 4 rings (SSSR count). The van der Waals surface area contributed by atoms with Crippen LogP contribution in [-0.2, 0) is 13.0 Å². The van der Waals surface area contributed by atoms with E-state index in [4.69, 9.17) is 5.11 Å². The minimum absolute atomic E-state index is 0.257. The van der Waals surface area contributed by atoms with Crippen LogP contribution in [0.15, 0.2) is 66.7 Å². The van der Waals surface area contributed by atoms with Gasteiger partial charge in [0.15, 0.2) is 5.13 Å². The zero-order chi connectivity index (χ0) is 22.7. The summed E-state index contributed by atoms with van der Waals surface area (Å²) >= 11 is 1.35. The normalized spacial score (nSPS) is 11.2. The van der Waals surface area contributed by atoms with E-state index >= 15 is 0 Å². The summed E-state index contributed by atoms with van der Waals surface area (Å²) in [6, 6.07) is 20.5. The minimum atomic E-state index is -0.945. The van der Waals surface area contributed by atoms with E-state index in [9.17, 15) is 9.18 Å². The molecule has 0 radical (unpaired) electrons. The lowest BCUT2D eigenvalue weighted by atomic mass is 10.0. The predicted molar refractivity (Wildman–Crippen MR) is 128 cm³/mol. The van der Waals surface area contributed by atoms with Gasteiger partial charge in [0.2, 0.25) is 0 Å². The number of hydrogen-bond acceptors (Lipinski definition) is 4. The number of carbonyl (C=O) groups is 1. The van der Waals surface area contributed by atoms with E-state index in [1.807, 2.05) is 18.2 Å². The highest BCUT2D eigenvalue weighted by Gasteiger charge is 2.16. The van der Waals surface area contributed by atoms with Gasteiger partial charge in [-0.25, -0.2) is 14.2 Å². The van der Waals surface area contributed by atoms with Gasteiger partial charge in [0.1, 0.15) is 5.82 Å². The number of nitrogens with zero attached hydrogens (tertiary/aromatic N) is 2. The number of rotatable bonds is 8.